The predicted molar refractivity (Wildman–Crippen MR) is 116 cm³/mol. The summed E-state index contributed by atoms with van der Waals surface area (Å²) in [7, 11) is 1.88. The number of hydrogen-bond acceptors (Lipinski definition) is 5. The van der Waals surface area contributed by atoms with Crippen molar-refractivity contribution >= 4 is 23.4 Å². The van der Waals surface area contributed by atoms with Crippen molar-refractivity contribution in [2.75, 3.05) is 11.1 Å². The number of thioether (sulfide) groups is 1. The molecule has 1 amide bonds. The van der Waals surface area contributed by atoms with Gasteiger partial charge in [0.15, 0.2) is 17.1 Å². The molecule has 0 aliphatic carbocycles. The van der Waals surface area contributed by atoms with Gasteiger partial charge in [-0.2, -0.15) is 0 Å². The summed E-state index contributed by atoms with van der Waals surface area (Å²) in [5.41, 5.74) is 3.21. The summed E-state index contributed by atoms with van der Waals surface area (Å²) < 4.78 is 7.87. The standard InChI is InChI=1S/C22H26N4O2S/c1-5-17-8-12-19(13-9-17)28-16(3)21-24-25-22(26(21)4)29-14-20(27)23-18-10-6-15(2)7-11-18/h6-13,16H,5,14H2,1-4H3,(H,23,27). The third-order valence-corrected chi connectivity index (χ3v) is 5.56. The van der Waals surface area contributed by atoms with Gasteiger partial charge in [-0.3, -0.25) is 4.79 Å². The first-order valence-electron chi connectivity index (χ1n) is 9.60. The minimum absolute atomic E-state index is 0.0799. The van der Waals surface area contributed by atoms with E-state index in [2.05, 4.69) is 34.6 Å². The number of aryl methyl sites for hydroxylation is 2. The Bertz CT molecular complexity index is 952. The summed E-state index contributed by atoms with van der Waals surface area (Å²) >= 11 is 1.35. The molecule has 1 N–H and O–H groups in total. The van der Waals surface area contributed by atoms with E-state index in [9.17, 15) is 4.79 Å². The number of carbonyl (C=O) groups excluding carboxylic acids is 1. The van der Waals surface area contributed by atoms with Gasteiger partial charge < -0.3 is 14.6 Å². The van der Waals surface area contributed by atoms with Crippen LogP contribution < -0.4 is 10.1 Å². The zero-order chi connectivity index (χ0) is 20.8. The lowest BCUT2D eigenvalue weighted by molar-refractivity contribution is -0.113. The molecule has 7 heteroatoms. The molecule has 152 valence electrons. The highest BCUT2D eigenvalue weighted by Crippen LogP contribution is 2.24. The number of hydrogen-bond donors (Lipinski definition) is 1. The Morgan fingerprint density at radius 2 is 1.83 bits per heavy atom. The maximum absolute atomic E-state index is 12.2. The van der Waals surface area contributed by atoms with Crippen molar-refractivity contribution in [1.82, 2.24) is 14.8 Å². The lowest BCUT2D eigenvalue weighted by Crippen LogP contribution is -2.14. The number of ether oxygens (including phenoxy) is 1. The fraction of sp³-hybridized carbons (Fsp3) is 0.318. The van der Waals surface area contributed by atoms with Crippen molar-refractivity contribution in [3.63, 3.8) is 0 Å². The third-order valence-electron chi connectivity index (χ3n) is 4.54. The highest BCUT2D eigenvalue weighted by molar-refractivity contribution is 7.99. The molecule has 3 aromatic rings. The second-order valence-corrected chi connectivity index (χ2v) is 7.80. The highest BCUT2D eigenvalue weighted by Gasteiger charge is 2.18. The molecule has 0 bridgehead atoms. The van der Waals surface area contributed by atoms with E-state index in [0.29, 0.717) is 11.0 Å². The van der Waals surface area contributed by atoms with Gasteiger partial charge in [-0.05, 0) is 50.1 Å². The highest BCUT2D eigenvalue weighted by atomic mass is 32.2. The molecule has 1 heterocycles. The quantitative estimate of drug-likeness (QED) is 0.552. The first-order chi connectivity index (χ1) is 14.0. The van der Waals surface area contributed by atoms with E-state index in [1.54, 1.807) is 0 Å². The first kappa shape index (κ1) is 20.9. The van der Waals surface area contributed by atoms with E-state index >= 15 is 0 Å². The van der Waals surface area contributed by atoms with Crippen LogP contribution in [0.25, 0.3) is 0 Å². The number of aromatic nitrogens is 3. The minimum atomic E-state index is -0.254. The van der Waals surface area contributed by atoms with Crippen LogP contribution in [0.1, 0.15) is 36.9 Å². The largest absolute Gasteiger partial charge is 0.483 e. The average Bonchev–Trinajstić information content (AvgIpc) is 3.09. The molecule has 0 aliphatic heterocycles. The van der Waals surface area contributed by atoms with Crippen molar-refractivity contribution < 1.29 is 9.53 Å². The topological polar surface area (TPSA) is 69.0 Å². The molecule has 0 saturated carbocycles. The zero-order valence-electron chi connectivity index (χ0n) is 17.2. The van der Waals surface area contributed by atoms with Crippen LogP contribution in [0.3, 0.4) is 0 Å². The van der Waals surface area contributed by atoms with E-state index in [4.69, 9.17) is 4.74 Å². The van der Waals surface area contributed by atoms with E-state index in [-0.39, 0.29) is 17.8 Å². The van der Waals surface area contributed by atoms with Gasteiger partial charge in [0.2, 0.25) is 5.91 Å². The van der Waals surface area contributed by atoms with Crippen molar-refractivity contribution in [3.05, 3.63) is 65.5 Å². The Hall–Kier alpha value is -2.80. The van der Waals surface area contributed by atoms with Crippen molar-refractivity contribution in [2.45, 2.75) is 38.5 Å². The predicted octanol–water partition coefficient (Wildman–Crippen LogP) is 4.56. The second kappa shape index (κ2) is 9.60. The Balaban J connectivity index is 1.56. The molecular formula is C22H26N4O2S. The van der Waals surface area contributed by atoms with Gasteiger partial charge in [0.05, 0.1) is 5.75 Å². The van der Waals surface area contributed by atoms with Gasteiger partial charge in [0.1, 0.15) is 5.75 Å². The van der Waals surface area contributed by atoms with E-state index in [1.807, 2.05) is 61.9 Å². The summed E-state index contributed by atoms with van der Waals surface area (Å²) in [5.74, 6) is 1.69. The Kier molecular flexibility index (Phi) is 6.93. The fourth-order valence-corrected chi connectivity index (χ4v) is 3.55. The van der Waals surface area contributed by atoms with E-state index in [1.165, 1.54) is 17.3 Å². The van der Waals surface area contributed by atoms with E-state index < -0.39 is 0 Å². The molecule has 1 aromatic heterocycles. The SMILES string of the molecule is CCc1ccc(OC(C)c2nnc(SCC(=O)Nc3ccc(C)cc3)n2C)cc1. The summed E-state index contributed by atoms with van der Waals surface area (Å²) in [6.45, 7) is 6.08. The normalized spacial score (nSPS) is 11.9. The molecule has 0 saturated heterocycles. The second-order valence-electron chi connectivity index (χ2n) is 6.86. The van der Waals surface area contributed by atoms with Crippen LogP contribution in [0.2, 0.25) is 0 Å². The molecule has 29 heavy (non-hydrogen) atoms. The van der Waals surface area contributed by atoms with Crippen LogP contribution in [0, 0.1) is 6.92 Å². The van der Waals surface area contributed by atoms with Crippen molar-refractivity contribution in [1.29, 1.82) is 0 Å². The molecule has 0 radical (unpaired) electrons. The average molecular weight is 411 g/mol. The van der Waals surface area contributed by atoms with Crippen LogP contribution in [-0.2, 0) is 18.3 Å². The van der Waals surface area contributed by atoms with Gasteiger partial charge in [-0.1, -0.05) is 48.5 Å². The van der Waals surface area contributed by atoms with Gasteiger partial charge in [0.25, 0.3) is 0 Å². The van der Waals surface area contributed by atoms with Crippen LogP contribution >= 0.6 is 11.8 Å². The molecule has 0 spiro atoms. The van der Waals surface area contributed by atoms with Crippen LogP contribution in [0.5, 0.6) is 5.75 Å². The molecule has 3 rings (SSSR count). The maximum atomic E-state index is 12.2. The van der Waals surface area contributed by atoms with Crippen molar-refractivity contribution in [3.8, 4) is 5.75 Å². The molecule has 1 atom stereocenters. The number of rotatable bonds is 8. The summed E-state index contributed by atoms with van der Waals surface area (Å²) in [6, 6.07) is 15.8. The number of amides is 1. The number of nitrogens with zero attached hydrogens (tertiary/aromatic N) is 3. The fourth-order valence-electron chi connectivity index (χ4n) is 2.83. The molecule has 1 unspecified atom stereocenters. The van der Waals surface area contributed by atoms with Gasteiger partial charge in [0, 0.05) is 12.7 Å². The van der Waals surface area contributed by atoms with Gasteiger partial charge in [-0.15, -0.1) is 10.2 Å². The van der Waals surface area contributed by atoms with Crippen molar-refractivity contribution in [2.24, 2.45) is 7.05 Å². The Morgan fingerprint density at radius 1 is 1.14 bits per heavy atom. The lowest BCUT2D eigenvalue weighted by atomic mass is 10.2. The van der Waals surface area contributed by atoms with Crippen LogP contribution in [0.15, 0.2) is 53.7 Å². The first-order valence-corrected chi connectivity index (χ1v) is 10.6. The monoisotopic (exact) mass is 410 g/mol. The summed E-state index contributed by atoms with van der Waals surface area (Å²) in [4.78, 5) is 12.2. The Morgan fingerprint density at radius 3 is 2.48 bits per heavy atom. The maximum Gasteiger partial charge on any atom is 0.234 e. The van der Waals surface area contributed by atoms with Crippen LogP contribution in [0.4, 0.5) is 5.69 Å². The number of carbonyl (C=O) groups is 1. The van der Waals surface area contributed by atoms with Gasteiger partial charge >= 0.3 is 0 Å². The molecular weight excluding hydrogens is 384 g/mol. The number of benzene rings is 2. The molecule has 0 aliphatic rings. The lowest BCUT2D eigenvalue weighted by Gasteiger charge is -2.14. The molecule has 2 aromatic carbocycles. The molecule has 0 fully saturated rings. The van der Waals surface area contributed by atoms with Crippen LogP contribution in [-0.4, -0.2) is 26.4 Å². The molecule has 6 nitrogen and oxygen atoms in total. The third kappa shape index (κ3) is 5.60. The summed E-state index contributed by atoms with van der Waals surface area (Å²) in [6.07, 6.45) is 0.743. The zero-order valence-corrected chi connectivity index (χ0v) is 18.0. The number of anilines is 1. The smallest absolute Gasteiger partial charge is 0.234 e. The minimum Gasteiger partial charge on any atom is -0.483 e. The summed E-state index contributed by atoms with van der Waals surface area (Å²) in [5, 5.41) is 12.0. The van der Waals surface area contributed by atoms with Gasteiger partial charge in [-0.25, -0.2) is 0 Å². The van der Waals surface area contributed by atoms with E-state index in [0.717, 1.165) is 23.4 Å². The number of nitrogens with one attached hydrogen (secondary N) is 1. The Labute approximate surface area is 175 Å².